The number of hydrogen-bond donors (Lipinski definition) is 2. The molecule has 1 aliphatic rings. The van der Waals surface area contributed by atoms with Crippen molar-refractivity contribution in [2.24, 2.45) is 0 Å². The topological polar surface area (TPSA) is 116 Å². The third-order valence-electron chi connectivity index (χ3n) is 3.47. The van der Waals surface area contributed by atoms with Gasteiger partial charge in [0.05, 0.1) is 17.1 Å². The Labute approximate surface area is 142 Å². The van der Waals surface area contributed by atoms with Crippen molar-refractivity contribution in [3.8, 4) is 0 Å². The summed E-state index contributed by atoms with van der Waals surface area (Å²) >= 11 is 3.23. The molecule has 0 unspecified atom stereocenters. The van der Waals surface area contributed by atoms with Crippen LogP contribution in [0.5, 0.6) is 0 Å². The van der Waals surface area contributed by atoms with Crippen LogP contribution in [0.1, 0.15) is 23.7 Å². The predicted molar refractivity (Wildman–Crippen MR) is 88.6 cm³/mol. The van der Waals surface area contributed by atoms with E-state index in [4.69, 9.17) is 10.5 Å². The van der Waals surface area contributed by atoms with E-state index >= 15 is 0 Å². The van der Waals surface area contributed by atoms with E-state index in [-0.39, 0.29) is 22.8 Å². The van der Waals surface area contributed by atoms with Crippen molar-refractivity contribution in [1.82, 2.24) is 5.32 Å². The number of hydrogen-bond acceptors (Lipinski definition) is 6. The maximum Gasteiger partial charge on any atom is 0.341 e. The van der Waals surface area contributed by atoms with Crippen molar-refractivity contribution >= 4 is 43.3 Å². The SMILES string of the molecule is C[C@H](OC(=O)c1cc(Br)ccc1N)C(=O)N[C@H]1CCS(=O)(=O)C1. The highest BCUT2D eigenvalue weighted by Crippen LogP contribution is 2.20. The van der Waals surface area contributed by atoms with Gasteiger partial charge in [-0.05, 0) is 31.5 Å². The van der Waals surface area contributed by atoms with Crippen LogP contribution in [0.2, 0.25) is 0 Å². The average Bonchev–Trinajstić information content (AvgIpc) is 2.80. The highest BCUT2D eigenvalue weighted by atomic mass is 79.9. The molecule has 2 rings (SSSR count). The molecule has 7 nitrogen and oxygen atoms in total. The first-order valence-electron chi connectivity index (χ1n) is 6.95. The Morgan fingerprint density at radius 2 is 2.13 bits per heavy atom. The lowest BCUT2D eigenvalue weighted by Crippen LogP contribution is -2.42. The van der Waals surface area contributed by atoms with Crippen molar-refractivity contribution in [3.05, 3.63) is 28.2 Å². The molecular weight excluding hydrogens is 388 g/mol. The fraction of sp³-hybridized carbons (Fsp3) is 0.429. The van der Waals surface area contributed by atoms with E-state index in [1.54, 1.807) is 12.1 Å². The molecule has 2 atom stereocenters. The molecule has 1 heterocycles. The number of nitrogen functional groups attached to an aromatic ring is 1. The molecular formula is C14H17BrN2O5S. The molecule has 0 aliphatic carbocycles. The molecule has 3 N–H and O–H groups in total. The van der Waals surface area contributed by atoms with Gasteiger partial charge in [0.2, 0.25) is 0 Å². The van der Waals surface area contributed by atoms with Gasteiger partial charge in [-0.3, -0.25) is 4.79 Å². The lowest BCUT2D eigenvalue weighted by atomic mass is 10.2. The molecule has 1 fully saturated rings. The van der Waals surface area contributed by atoms with Crippen molar-refractivity contribution in [1.29, 1.82) is 0 Å². The fourth-order valence-electron chi connectivity index (χ4n) is 2.21. The molecule has 0 spiro atoms. The van der Waals surface area contributed by atoms with Gasteiger partial charge in [-0.25, -0.2) is 13.2 Å². The summed E-state index contributed by atoms with van der Waals surface area (Å²) in [5.41, 5.74) is 6.11. The maximum atomic E-state index is 12.1. The fourth-order valence-corrected chi connectivity index (χ4v) is 4.24. The molecule has 1 saturated heterocycles. The van der Waals surface area contributed by atoms with Crippen LogP contribution >= 0.6 is 15.9 Å². The van der Waals surface area contributed by atoms with Crippen LogP contribution in [0.3, 0.4) is 0 Å². The first kappa shape index (κ1) is 17.7. The minimum atomic E-state index is -3.09. The Kier molecular flexibility index (Phi) is 5.30. The Morgan fingerprint density at radius 1 is 1.43 bits per heavy atom. The van der Waals surface area contributed by atoms with Gasteiger partial charge in [-0.2, -0.15) is 0 Å². The summed E-state index contributed by atoms with van der Waals surface area (Å²) in [7, 11) is -3.09. The number of sulfone groups is 1. The predicted octanol–water partition coefficient (Wildman–Crippen LogP) is 0.880. The maximum absolute atomic E-state index is 12.1. The van der Waals surface area contributed by atoms with E-state index in [0.29, 0.717) is 10.9 Å². The van der Waals surface area contributed by atoms with Gasteiger partial charge < -0.3 is 15.8 Å². The van der Waals surface area contributed by atoms with Gasteiger partial charge in [0.1, 0.15) is 0 Å². The standard InChI is InChI=1S/C14H17BrN2O5S/c1-8(13(18)17-10-4-5-23(20,21)7-10)22-14(19)11-6-9(15)2-3-12(11)16/h2-3,6,8,10H,4-5,7,16H2,1H3,(H,17,18)/t8-,10-/m0/s1. The molecule has 1 amide bonds. The molecule has 1 aromatic rings. The summed E-state index contributed by atoms with van der Waals surface area (Å²) in [6.07, 6.45) is -0.683. The number of ether oxygens (including phenoxy) is 1. The van der Waals surface area contributed by atoms with Gasteiger partial charge in [-0.15, -0.1) is 0 Å². The quantitative estimate of drug-likeness (QED) is 0.568. The molecule has 9 heteroatoms. The van der Waals surface area contributed by atoms with E-state index < -0.39 is 33.9 Å². The molecule has 0 radical (unpaired) electrons. The van der Waals surface area contributed by atoms with Crippen LogP contribution in [-0.2, 0) is 19.4 Å². The van der Waals surface area contributed by atoms with Crippen LogP contribution in [0.25, 0.3) is 0 Å². The number of anilines is 1. The van der Waals surface area contributed by atoms with E-state index in [9.17, 15) is 18.0 Å². The highest BCUT2D eigenvalue weighted by molar-refractivity contribution is 9.10. The Bertz CT molecular complexity index is 735. The Morgan fingerprint density at radius 3 is 2.74 bits per heavy atom. The monoisotopic (exact) mass is 404 g/mol. The summed E-state index contributed by atoms with van der Waals surface area (Å²) in [4.78, 5) is 24.1. The zero-order valence-electron chi connectivity index (χ0n) is 12.4. The van der Waals surface area contributed by atoms with Gasteiger partial charge >= 0.3 is 5.97 Å². The van der Waals surface area contributed by atoms with Crippen molar-refractivity contribution in [3.63, 3.8) is 0 Å². The third kappa shape index (κ3) is 4.68. The lowest BCUT2D eigenvalue weighted by Gasteiger charge is -2.17. The summed E-state index contributed by atoms with van der Waals surface area (Å²) < 4.78 is 28.5. The molecule has 1 aromatic carbocycles. The van der Waals surface area contributed by atoms with Crippen molar-refractivity contribution in [2.75, 3.05) is 17.2 Å². The second kappa shape index (κ2) is 6.88. The average molecular weight is 405 g/mol. The van der Waals surface area contributed by atoms with E-state index in [1.807, 2.05) is 0 Å². The molecule has 0 saturated carbocycles. The summed E-state index contributed by atoms with van der Waals surface area (Å²) in [5, 5.41) is 2.58. The summed E-state index contributed by atoms with van der Waals surface area (Å²) in [6.45, 7) is 1.42. The zero-order valence-corrected chi connectivity index (χ0v) is 14.8. The van der Waals surface area contributed by atoms with Gasteiger partial charge in [0.15, 0.2) is 15.9 Å². The first-order valence-corrected chi connectivity index (χ1v) is 9.56. The lowest BCUT2D eigenvalue weighted by molar-refractivity contribution is -0.129. The van der Waals surface area contributed by atoms with Gasteiger partial charge in [0, 0.05) is 16.2 Å². The smallest absolute Gasteiger partial charge is 0.341 e. The van der Waals surface area contributed by atoms with Crippen molar-refractivity contribution < 1.29 is 22.7 Å². The molecule has 1 aliphatic heterocycles. The number of esters is 1. The van der Waals surface area contributed by atoms with Crippen LogP contribution < -0.4 is 11.1 Å². The molecule has 126 valence electrons. The van der Waals surface area contributed by atoms with Crippen LogP contribution in [-0.4, -0.2) is 43.9 Å². The Balaban J connectivity index is 1.95. The molecule has 0 bridgehead atoms. The van der Waals surface area contributed by atoms with Gasteiger partial charge in [0.25, 0.3) is 5.91 Å². The number of benzene rings is 1. The second-order valence-corrected chi connectivity index (χ2v) is 8.53. The number of carbonyl (C=O) groups excluding carboxylic acids is 2. The number of rotatable bonds is 4. The van der Waals surface area contributed by atoms with Crippen LogP contribution in [0.15, 0.2) is 22.7 Å². The van der Waals surface area contributed by atoms with E-state index in [2.05, 4.69) is 21.2 Å². The van der Waals surface area contributed by atoms with E-state index in [1.165, 1.54) is 13.0 Å². The van der Waals surface area contributed by atoms with Crippen LogP contribution in [0, 0.1) is 0 Å². The molecule has 23 heavy (non-hydrogen) atoms. The number of halogens is 1. The highest BCUT2D eigenvalue weighted by Gasteiger charge is 2.31. The first-order chi connectivity index (χ1) is 10.7. The summed E-state index contributed by atoms with van der Waals surface area (Å²) in [6, 6.07) is 4.30. The van der Waals surface area contributed by atoms with Crippen molar-refractivity contribution in [2.45, 2.75) is 25.5 Å². The second-order valence-electron chi connectivity index (χ2n) is 5.39. The minimum Gasteiger partial charge on any atom is -0.449 e. The number of nitrogens with one attached hydrogen (secondary N) is 1. The molecule has 0 aromatic heterocycles. The minimum absolute atomic E-state index is 0.0562. The zero-order chi connectivity index (χ0) is 17.2. The van der Waals surface area contributed by atoms with Crippen LogP contribution in [0.4, 0.5) is 5.69 Å². The van der Waals surface area contributed by atoms with E-state index in [0.717, 1.165) is 0 Å². The Hall–Kier alpha value is -1.61. The number of amides is 1. The largest absolute Gasteiger partial charge is 0.449 e. The summed E-state index contributed by atoms with van der Waals surface area (Å²) in [5.74, 6) is -1.28. The number of carbonyl (C=O) groups is 2. The normalized spacial score (nSPS) is 20.7. The number of nitrogens with two attached hydrogens (primary N) is 1. The third-order valence-corrected chi connectivity index (χ3v) is 5.73. The van der Waals surface area contributed by atoms with Gasteiger partial charge in [-0.1, -0.05) is 15.9 Å².